The normalized spacial score (nSPS) is 15.3. The van der Waals surface area contributed by atoms with Gasteiger partial charge in [-0.3, -0.25) is 0 Å². The molecular weight excluding hydrogens is 234 g/mol. The van der Waals surface area contributed by atoms with Crippen LogP contribution < -0.4 is 4.90 Å². The molecule has 0 amide bonds. The zero-order valence-corrected chi connectivity index (χ0v) is 10.9. The summed E-state index contributed by atoms with van der Waals surface area (Å²) < 4.78 is 0. The van der Waals surface area contributed by atoms with E-state index in [4.69, 9.17) is 0 Å². The van der Waals surface area contributed by atoms with Crippen LogP contribution in [-0.4, -0.2) is 23.3 Å². The van der Waals surface area contributed by atoms with Crippen LogP contribution in [0, 0.1) is 0 Å². The molecule has 19 heavy (non-hydrogen) atoms. The van der Waals surface area contributed by atoms with Gasteiger partial charge in [0, 0.05) is 13.1 Å². The maximum absolute atomic E-state index is 4.16. The highest BCUT2D eigenvalue weighted by Crippen LogP contribution is 2.19. The van der Waals surface area contributed by atoms with Crippen LogP contribution in [-0.2, 0) is 0 Å². The summed E-state index contributed by atoms with van der Waals surface area (Å²) >= 11 is 0. The molecule has 1 saturated heterocycles. The Morgan fingerprint density at radius 1 is 1.00 bits per heavy atom. The van der Waals surface area contributed by atoms with Gasteiger partial charge in [-0.15, -0.1) is 0 Å². The van der Waals surface area contributed by atoms with E-state index < -0.39 is 0 Å². The molecule has 3 nitrogen and oxygen atoms in total. The molecule has 2 heterocycles. The minimum atomic E-state index is 0.910. The molecular formula is C16H17N3. The first-order valence-corrected chi connectivity index (χ1v) is 6.73. The summed E-state index contributed by atoms with van der Waals surface area (Å²) in [4.78, 5) is 2.37. The molecule has 0 bridgehead atoms. The van der Waals surface area contributed by atoms with Crippen molar-refractivity contribution >= 4 is 17.8 Å². The van der Waals surface area contributed by atoms with Crippen LogP contribution >= 0.6 is 0 Å². The Labute approximate surface area is 113 Å². The Kier molecular flexibility index (Phi) is 3.54. The second-order valence-electron chi connectivity index (χ2n) is 4.78. The number of anilines is 1. The van der Waals surface area contributed by atoms with Crippen molar-refractivity contribution < 1.29 is 0 Å². The fourth-order valence-electron chi connectivity index (χ4n) is 2.35. The largest absolute Gasteiger partial charge is 0.370 e. The maximum Gasteiger partial charge on any atom is 0.0878 e. The molecule has 0 N–H and O–H groups in total. The Morgan fingerprint density at radius 2 is 1.79 bits per heavy atom. The van der Waals surface area contributed by atoms with Gasteiger partial charge in [0.2, 0.25) is 0 Å². The van der Waals surface area contributed by atoms with E-state index in [2.05, 4.69) is 39.4 Å². The number of nitrogens with zero attached hydrogens (tertiary/aromatic N) is 3. The van der Waals surface area contributed by atoms with Gasteiger partial charge >= 0.3 is 0 Å². The maximum atomic E-state index is 4.16. The minimum absolute atomic E-state index is 0.910. The van der Waals surface area contributed by atoms with E-state index in [9.17, 15) is 0 Å². The molecule has 1 aromatic carbocycles. The van der Waals surface area contributed by atoms with E-state index >= 15 is 0 Å². The van der Waals surface area contributed by atoms with Gasteiger partial charge in [-0.05, 0) is 30.5 Å². The summed E-state index contributed by atoms with van der Waals surface area (Å²) in [6.45, 7) is 2.26. The molecule has 1 aromatic heterocycles. The van der Waals surface area contributed by atoms with Crippen LogP contribution in [0.5, 0.6) is 0 Å². The lowest BCUT2D eigenvalue weighted by Crippen LogP contribution is -2.18. The summed E-state index contributed by atoms with van der Waals surface area (Å²) in [5.74, 6) is 0. The van der Waals surface area contributed by atoms with Gasteiger partial charge < -0.3 is 4.90 Å². The molecule has 0 spiro atoms. The van der Waals surface area contributed by atoms with Crippen molar-refractivity contribution in [1.29, 1.82) is 0 Å². The molecule has 0 radical (unpaired) electrons. The highest BCUT2D eigenvalue weighted by Gasteiger charge is 2.12. The van der Waals surface area contributed by atoms with E-state index in [1.807, 2.05) is 30.5 Å². The molecule has 0 aliphatic carbocycles. The van der Waals surface area contributed by atoms with Crippen molar-refractivity contribution in [2.24, 2.45) is 0 Å². The van der Waals surface area contributed by atoms with Crippen LogP contribution in [0.25, 0.3) is 12.2 Å². The third kappa shape index (κ3) is 2.99. The van der Waals surface area contributed by atoms with E-state index in [0.717, 1.165) is 18.8 Å². The van der Waals surface area contributed by atoms with Crippen molar-refractivity contribution in [1.82, 2.24) is 10.2 Å². The predicted molar refractivity (Wildman–Crippen MR) is 78.8 cm³/mol. The van der Waals surface area contributed by atoms with Gasteiger partial charge in [-0.1, -0.05) is 36.4 Å². The Bertz CT molecular complexity index is 557. The smallest absolute Gasteiger partial charge is 0.0878 e. The highest BCUT2D eigenvalue weighted by atomic mass is 15.2. The number of rotatable bonds is 3. The average molecular weight is 251 g/mol. The van der Waals surface area contributed by atoms with Crippen molar-refractivity contribution in [3.05, 3.63) is 53.9 Å². The zero-order chi connectivity index (χ0) is 12.9. The van der Waals surface area contributed by atoms with E-state index in [-0.39, 0.29) is 0 Å². The Hall–Kier alpha value is -2.16. The van der Waals surface area contributed by atoms with E-state index in [1.54, 1.807) is 0 Å². The zero-order valence-electron chi connectivity index (χ0n) is 10.9. The van der Waals surface area contributed by atoms with Crippen LogP contribution in [0.4, 0.5) is 5.69 Å². The lowest BCUT2D eigenvalue weighted by Gasteiger charge is -2.16. The van der Waals surface area contributed by atoms with Gasteiger partial charge in [0.1, 0.15) is 0 Å². The van der Waals surface area contributed by atoms with Crippen LogP contribution in [0.2, 0.25) is 0 Å². The third-order valence-corrected chi connectivity index (χ3v) is 3.38. The molecule has 1 aliphatic rings. The van der Waals surface area contributed by atoms with Crippen LogP contribution in [0.1, 0.15) is 24.1 Å². The molecule has 2 aromatic rings. The van der Waals surface area contributed by atoms with Crippen molar-refractivity contribution in [2.45, 2.75) is 12.8 Å². The van der Waals surface area contributed by atoms with Gasteiger partial charge in [-0.25, -0.2) is 0 Å². The number of benzene rings is 1. The van der Waals surface area contributed by atoms with E-state index in [0.29, 0.717) is 0 Å². The molecule has 3 rings (SSSR count). The van der Waals surface area contributed by atoms with Crippen LogP contribution in [0.3, 0.4) is 0 Å². The molecule has 0 atom stereocenters. The standard InChI is InChI=1S/C16H17N3/c1-2-6-14(7-3-1)8-9-15-12-16(13-17-18-15)19-10-4-5-11-19/h1-3,6-9,12-13H,4-5,10-11H2/b9-8+. The summed E-state index contributed by atoms with van der Waals surface area (Å²) in [6, 6.07) is 12.4. The SMILES string of the molecule is C(=C\c1cc(N2CCCC2)cnn1)/c1ccccc1. The highest BCUT2D eigenvalue weighted by molar-refractivity contribution is 5.69. The predicted octanol–water partition coefficient (Wildman–Crippen LogP) is 3.25. The summed E-state index contributed by atoms with van der Waals surface area (Å²) in [7, 11) is 0. The molecule has 3 heteroatoms. The molecule has 96 valence electrons. The fourth-order valence-corrected chi connectivity index (χ4v) is 2.35. The molecule has 1 aliphatic heterocycles. The first-order valence-electron chi connectivity index (χ1n) is 6.73. The summed E-state index contributed by atoms with van der Waals surface area (Å²) in [6.07, 6.45) is 8.49. The fraction of sp³-hybridized carbons (Fsp3) is 0.250. The Balaban J connectivity index is 1.78. The lowest BCUT2D eigenvalue weighted by molar-refractivity contribution is 0.933. The summed E-state index contributed by atoms with van der Waals surface area (Å²) in [5.41, 5.74) is 3.27. The van der Waals surface area contributed by atoms with Crippen molar-refractivity contribution in [3.8, 4) is 0 Å². The second kappa shape index (κ2) is 5.65. The van der Waals surface area contributed by atoms with Crippen LogP contribution in [0.15, 0.2) is 42.6 Å². The molecule has 1 fully saturated rings. The van der Waals surface area contributed by atoms with Gasteiger partial charge in [0.25, 0.3) is 0 Å². The average Bonchev–Trinajstić information content (AvgIpc) is 3.01. The lowest BCUT2D eigenvalue weighted by atomic mass is 10.2. The molecule has 0 saturated carbocycles. The number of hydrogen-bond acceptors (Lipinski definition) is 3. The van der Waals surface area contributed by atoms with E-state index in [1.165, 1.54) is 24.1 Å². The van der Waals surface area contributed by atoms with Gasteiger partial charge in [0.05, 0.1) is 17.6 Å². The first kappa shape index (κ1) is 11.9. The molecule has 0 unspecified atom stereocenters. The third-order valence-electron chi connectivity index (χ3n) is 3.38. The van der Waals surface area contributed by atoms with Crippen molar-refractivity contribution in [3.63, 3.8) is 0 Å². The van der Waals surface area contributed by atoms with Gasteiger partial charge in [-0.2, -0.15) is 10.2 Å². The topological polar surface area (TPSA) is 29.0 Å². The monoisotopic (exact) mass is 251 g/mol. The van der Waals surface area contributed by atoms with Gasteiger partial charge in [0.15, 0.2) is 0 Å². The minimum Gasteiger partial charge on any atom is -0.370 e. The van der Waals surface area contributed by atoms with Crippen molar-refractivity contribution in [2.75, 3.05) is 18.0 Å². The number of aromatic nitrogens is 2. The Morgan fingerprint density at radius 3 is 2.58 bits per heavy atom. The quantitative estimate of drug-likeness (QED) is 0.838. The first-order chi connectivity index (χ1) is 9.42. The number of hydrogen-bond donors (Lipinski definition) is 0. The second-order valence-corrected chi connectivity index (χ2v) is 4.78. The summed E-state index contributed by atoms with van der Waals surface area (Å²) in [5, 5.41) is 8.26.